The van der Waals surface area contributed by atoms with Crippen molar-refractivity contribution in [1.82, 2.24) is 10.2 Å². The Morgan fingerprint density at radius 2 is 2.00 bits per heavy atom. The molecule has 1 saturated heterocycles. The summed E-state index contributed by atoms with van der Waals surface area (Å²) in [5, 5.41) is 13.1. The van der Waals surface area contributed by atoms with Gasteiger partial charge in [0.2, 0.25) is 0 Å². The molecule has 124 valence electrons. The van der Waals surface area contributed by atoms with E-state index in [1.165, 1.54) is 0 Å². The van der Waals surface area contributed by atoms with E-state index in [4.69, 9.17) is 4.74 Å². The average Bonchev–Trinajstić information content (AvgIpc) is 2.38. The second-order valence-corrected chi connectivity index (χ2v) is 6.76. The molecular weight excluding hydrogens is 268 g/mol. The van der Waals surface area contributed by atoms with Gasteiger partial charge in [-0.05, 0) is 45.4 Å². The predicted octanol–water partition coefficient (Wildman–Crippen LogP) is 2.24. The molecule has 0 aliphatic carbocycles. The van der Waals surface area contributed by atoms with Crippen molar-refractivity contribution >= 4 is 6.09 Å². The lowest BCUT2D eigenvalue weighted by molar-refractivity contribution is 0.0506. The number of carbonyl (C=O) groups excluding carboxylic acids is 1. The second kappa shape index (κ2) is 8.59. The number of carbonyl (C=O) groups is 1. The maximum Gasteiger partial charge on any atom is 0.407 e. The van der Waals surface area contributed by atoms with E-state index >= 15 is 0 Å². The minimum absolute atomic E-state index is 0.101. The molecule has 1 amide bonds. The van der Waals surface area contributed by atoms with E-state index < -0.39 is 0 Å². The van der Waals surface area contributed by atoms with Crippen molar-refractivity contribution in [2.24, 2.45) is 11.8 Å². The smallest absolute Gasteiger partial charge is 0.407 e. The van der Waals surface area contributed by atoms with Crippen molar-refractivity contribution in [3.8, 4) is 0 Å². The van der Waals surface area contributed by atoms with Gasteiger partial charge in [0.1, 0.15) is 0 Å². The Balaban J connectivity index is 2.61. The molecule has 1 fully saturated rings. The first kappa shape index (κ1) is 18.2. The lowest BCUT2D eigenvalue weighted by atomic mass is 9.86. The Morgan fingerprint density at radius 3 is 2.52 bits per heavy atom. The monoisotopic (exact) mass is 300 g/mol. The van der Waals surface area contributed by atoms with E-state index in [0.717, 1.165) is 25.9 Å². The van der Waals surface area contributed by atoms with Crippen LogP contribution in [0, 0.1) is 11.8 Å². The number of hydrogen-bond acceptors (Lipinski definition) is 4. The molecule has 2 N–H and O–H groups in total. The van der Waals surface area contributed by atoms with Gasteiger partial charge in [0.25, 0.3) is 0 Å². The minimum Gasteiger partial charge on any atom is -0.450 e. The molecule has 5 heteroatoms. The number of likely N-dealkylation sites (tertiary alicyclic amines) is 1. The van der Waals surface area contributed by atoms with E-state index in [1.54, 1.807) is 0 Å². The molecule has 3 atom stereocenters. The summed E-state index contributed by atoms with van der Waals surface area (Å²) in [5.74, 6) is 0.682. The first-order chi connectivity index (χ1) is 9.83. The summed E-state index contributed by atoms with van der Waals surface area (Å²) < 4.78 is 4.98. The van der Waals surface area contributed by atoms with Crippen LogP contribution in [0.15, 0.2) is 0 Å². The summed E-state index contributed by atoms with van der Waals surface area (Å²) in [7, 11) is 0. The average molecular weight is 300 g/mol. The van der Waals surface area contributed by atoms with Crippen LogP contribution in [-0.4, -0.2) is 54.0 Å². The number of hydrogen-bond donors (Lipinski definition) is 2. The maximum atomic E-state index is 11.6. The molecule has 5 nitrogen and oxygen atoms in total. The first-order valence-electron chi connectivity index (χ1n) is 8.18. The third-order valence-corrected chi connectivity index (χ3v) is 4.24. The summed E-state index contributed by atoms with van der Waals surface area (Å²) in [6.07, 6.45) is 1.09. The lowest BCUT2D eigenvalue weighted by Crippen LogP contribution is -2.53. The number of piperidine rings is 1. The Labute approximate surface area is 129 Å². The summed E-state index contributed by atoms with van der Waals surface area (Å²) >= 11 is 0. The second-order valence-electron chi connectivity index (χ2n) is 6.76. The fourth-order valence-electron chi connectivity index (χ4n) is 2.89. The van der Waals surface area contributed by atoms with Crippen LogP contribution in [0.4, 0.5) is 4.79 Å². The number of rotatable bonds is 6. The number of ether oxygens (including phenoxy) is 1. The largest absolute Gasteiger partial charge is 0.450 e. The zero-order chi connectivity index (χ0) is 16.0. The van der Waals surface area contributed by atoms with Crippen molar-refractivity contribution in [3.63, 3.8) is 0 Å². The topological polar surface area (TPSA) is 61.8 Å². The fraction of sp³-hybridized carbons (Fsp3) is 0.938. The summed E-state index contributed by atoms with van der Waals surface area (Å²) in [6, 6.07) is 0.542. The van der Waals surface area contributed by atoms with E-state index in [0.29, 0.717) is 18.6 Å². The molecule has 0 aromatic heterocycles. The van der Waals surface area contributed by atoms with Crippen LogP contribution >= 0.6 is 0 Å². The molecule has 0 saturated carbocycles. The SMILES string of the molecule is CCOC(=O)NC1CC(CC(O)C(C)C)CN(C(C)C)C1. The number of amides is 1. The van der Waals surface area contributed by atoms with E-state index in [-0.39, 0.29) is 24.2 Å². The van der Waals surface area contributed by atoms with Crippen LogP contribution in [-0.2, 0) is 4.74 Å². The Kier molecular flexibility index (Phi) is 7.46. The number of aliphatic hydroxyl groups is 1. The molecule has 21 heavy (non-hydrogen) atoms. The molecule has 1 aliphatic heterocycles. The molecule has 1 aliphatic rings. The summed E-state index contributed by atoms with van der Waals surface area (Å²) in [4.78, 5) is 14.0. The van der Waals surface area contributed by atoms with Crippen molar-refractivity contribution in [1.29, 1.82) is 0 Å². The van der Waals surface area contributed by atoms with Gasteiger partial charge in [0.15, 0.2) is 0 Å². The van der Waals surface area contributed by atoms with E-state index in [1.807, 2.05) is 20.8 Å². The van der Waals surface area contributed by atoms with Crippen LogP contribution in [0.5, 0.6) is 0 Å². The van der Waals surface area contributed by atoms with Gasteiger partial charge in [0, 0.05) is 25.2 Å². The third-order valence-electron chi connectivity index (χ3n) is 4.24. The molecule has 0 radical (unpaired) electrons. The molecular formula is C16H32N2O3. The highest BCUT2D eigenvalue weighted by molar-refractivity contribution is 5.67. The number of nitrogens with one attached hydrogen (secondary N) is 1. The van der Waals surface area contributed by atoms with Gasteiger partial charge >= 0.3 is 6.09 Å². The minimum atomic E-state index is -0.337. The van der Waals surface area contributed by atoms with Gasteiger partial charge in [-0.15, -0.1) is 0 Å². The third kappa shape index (κ3) is 6.22. The zero-order valence-corrected chi connectivity index (χ0v) is 14.1. The molecule has 3 unspecified atom stereocenters. The van der Waals surface area contributed by atoms with Crippen molar-refractivity contribution in [3.05, 3.63) is 0 Å². The molecule has 0 aromatic carbocycles. The first-order valence-corrected chi connectivity index (χ1v) is 8.18. The Morgan fingerprint density at radius 1 is 1.33 bits per heavy atom. The summed E-state index contributed by atoms with van der Waals surface area (Å²) in [6.45, 7) is 12.5. The van der Waals surface area contributed by atoms with Crippen LogP contribution in [0.1, 0.15) is 47.5 Å². The zero-order valence-electron chi connectivity index (χ0n) is 14.1. The van der Waals surface area contributed by atoms with Crippen molar-refractivity contribution in [2.75, 3.05) is 19.7 Å². The fourth-order valence-corrected chi connectivity index (χ4v) is 2.89. The quantitative estimate of drug-likeness (QED) is 0.790. The Bertz CT molecular complexity index is 319. The van der Waals surface area contributed by atoms with Crippen LogP contribution < -0.4 is 5.32 Å². The van der Waals surface area contributed by atoms with Gasteiger partial charge in [0.05, 0.1) is 12.7 Å². The van der Waals surface area contributed by atoms with Gasteiger partial charge in [-0.2, -0.15) is 0 Å². The highest BCUT2D eigenvalue weighted by atomic mass is 16.5. The molecule has 0 bridgehead atoms. The number of aliphatic hydroxyl groups excluding tert-OH is 1. The van der Waals surface area contributed by atoms with Gasteiger partial charge in [-0.1, -0.05) is 13.8 Å². The van der Waals surface area contributed by atoms with E-state index in [2.05, 4.69) is 24.1 Å². The molecule has 0 aromatic rings. The Hall–Kier alpha value is -0.810. The van der Waals surface area contributed by atoms with Crippen LogP contribution in [0.2, 0.25) is 0 Å². The van der Waals surface area contributed by atoms with Crippen molar-refractivity contribution in [2.45, 2.75) is 65.6 Å². The number of alkyl carbamates (subject to hydrolysis) is 1. The molecule has 0 spiro atoms. The normalized spacial score (nSPS) is 25.1. The van der Waals surface area contributed by atoms with Gasteiger partial charge in [-0.25, -0.2) is 4.79 Å². The molecule has 1 heterocycles. The van der Waals surface area contributed by atoms with Crippen LogP contribution in [0.25, 0.3) is 0 Å². The predicted molar refractivity (Wildman–Crippen MR) is 84.2 cm³/mol. The maximum absolute atomic E-state index is 11.6. The van der Waals surface area contributed by atoms with Gasteiger partial charge < -0.3 is 15.2 Å². The van der Waals surface area contributed by atoms with Crippen molar-refractivity contribution < 1.29 is 14.6 Å². The summed E-state index contributed by atoms with van der Waals surface area (Å²) in [5.41, 5.74) is 0. The standard InChI is InChI=1S/C16H32N2O3/c1-6-21-16(20)17-14-7-13(8-15(19)11(2)3)9-18(10-14)12(4)5/h11-15,19H,6-10H2,1-5H3,(H,17,20). The van der Waals surface area contributed by atoms with E-state index in [9.17, 15) is 9.90 Å². The number of nitrogens with zero attached hydrogens (tertiary/aromatic N) is 1. The van der Waals surface area contributed by atoms with Crippen LogP contribution in [0.3, 0.4) is 0 Å². The highest BCUT2D eigenvalue weighted by Crippen LogP contribution is 2.25. The lowest BCUT2D eigenvalue weighted by Gasteiger charge is -2.41. The highest BCUT2D eigenvalue weighted by Gasteiger charge is 2.31. The van der Waals surface area contributed by atoms with Gasteiger partial charge in [-0.3, -0.25) is 4.90 Å². The molecule has 1 rings (SSSR count).